The summed E-state index contributed by atoms with van der Waals surface area (Å²) in [6, 6.07) is 3.78. The summed E-state index contributed by atoms with van der Waals surface area (Å²) in [6.45, 7) is 0.960. The molecule has 0 aliphatic heterocycles. The largest absolute Gasteiger partial charge is 0.493 e. The Kier molecular flexibility index (Phi) is 4.50. The topological polar surface area (TPSA) is 43.4 Å². The number of ether oxygens (including phenoxy) is 1. The minimum absolute atomic E-state index is 0.0904. The van der Waals surface area contributed by atoms with Crippen LogP contribution in [0.4, 0.5) is 13.2 Å². The molecule has 0 aromatic heterocycles. The Morgan fingerprint density at radius 2 is 1.94 bits per heavy atom. The third kappa shape index (κ3) is 4.73. The summed E-state index contributed by atoms with van der Waals surface area (Å²) in [5, 5.41) is 0. The highest BCUT2D eigenvalue weighted by molar-refractivity contribution is 8.13. The number of halogens is 4. The molecule has 102 valence electrons. The van der Waals surface area contributed by atoms with Gasteiger partial charge in [-0.25, -0.2) is 8.42 Å². The molecule has 0 unspecified atom stereocenters. The van der Waals surface area contributed by atoms with Gasteiger partial charge in [0, 0.05) is 10.7 Å². The van der Waals surface area contributed by atoms with Gasteiger partial charge in [-0.3, -0.25) is 0 Å². The molecule has 8 heteroatoms. The lowest BCUT2D eigenvalue weighted by molar-refractivity contribution is -0.139. The van der Waals surface area contributed by atoms with Gasteiger partial charge >= 0.3 is 6.18 Å². The molecule has 1 aromatic carbocycles. The molecule has 0 saturated carbocycles. The first-order chi connectivity index (χ1) is 8.09. The lowest BCUT2D eigenvalue weighted by atomic mass is 10.2. The summed E-state index contributed by atoms with van der Waals surface area (Å²) in [5.74, 6) is 0.167. The highest BCUT2D eigenvalue weighted by Crippen LogP contribution is 2.25. The fourth-order valence-corrected chi connectivity index (χ4v) is 2.46. The zero-order valence-electron chi connectivity index (χ0n) is 9.29. The Morgan fingerprint density at radius 1 is 1.33 bits per heavy atom. The molecule has 0 bridgehead atoms. The molecule has 0 aliphatic carbocycles. The van der Waals surface area contributed by atoms with Crippen LogP contribution < -0.4 is 4.74 Å². The van der Waals surface area contributed by atoms with E-state index in [0.29, 0.717) is 5.56 Å². The van der Waals surface area contributed by atoms with Crippen LogP contribution >= 0.6 is 10.7 Å². The highest BCUT2D eigenvalue weighted by Gasteiger charge is 2.26. The van der Waals surface area contributed by atoms with Gasteiger partial charge in [0.05, 0.1) is 17.9 Å². The van der Waals surface area contributed by atoms with Crippen LogP contribution in [0.1, 0.15) is 12.0 Å². The molecular formula is C10H10ClF3O3S. The second kappa shape index (κ2) is 5.36. The van der Waals surface area contributed by atoms with Gasteiger partial charge in [0.1, 0.15) is 5.75 Å². The molecule has 0 heterocycles. The van der Waals surface area contributed by atoms with Crippen LogP contribution in [0.3, 0.4) is 0 Å². The first-order valence-electron chi connectivity index (χ1n) is 4.84. The van der Waals surface area contributed by atoms with Crippen LogP contribution in [0.2, 0.25) is 0 Å². The second-order valence-electron chi connectivity index (χ2n) is 3.58. The van der Waals surface area contributed by atoms with Crippen LogP contribution in [-0.2, 0) is 9.05 Å². The van der Waals surface area contributed by atoms with Gasteiger partial charge in [-0.15, -0.1) is 0 Å². The van der Waals surface area contributed by atoms with Crippen molar-refractivity contribution in [1.29, 1.82) is 0 Å². The molecule has 18 heavy (non-hydrogen) atoms. The molecule has 0 radical (unpaired) electrons. The fourth-order valence-electron chi connectivity index (χ4n) is 1.27. The van der Waals surface area contributed by atoms with E-state index >= 15 is 0 Å². The number of benzene rings is 1. The van der Waals surface area contributed by atoms with Gasteiger partial charge in [-0.1, -0.05) is 0 Å². The second-order valence-corrected chi connectivity index (χ2v) is 6.11. The Labute approximate surface area is 107 Å². The summed E-state index contributed by atoms with van der Waals surface area (Å²) in [4.78, 5) is -0.0904. The van der Waals surface area contributed by atoms with Crippen LogP contribution in [-0.4, -0.2) is 21.2 Å². The summed E-state index contributed by atoms with van der Waals surface area (Å²) >= 11 is 0. The molecule has 0 fully saturated rings. The van der Waals surface area contributed by atoms with E-state index in [9.17, 15) is 21.6 Å². The normalized spacial score (nSPS) is 12.5. The predicted molar refractivity (Wildman–Crippen MR) is 60.4 cm³/mol. The maximum atomic E-state index is 11.9. The van der Waals surface area contributed by atoms with Crippen molar-refractivity contribution in [2.24, 2.45) is 0 Å². The quantitative estimate of drug-likeness (QED) is 0.802. The lowest BCUT2D eigenvalue weighted by Crippen LogP contribution is -2.13. The van der Waals surface area contributed by atoms with Crippen molar-refractivity contribution < 1.29 is 26.3 Å². The number of hydrogen-bond acceptors (Lipinski definition) is 3. The number of aryl methyl sites for hydroxylation is 1. The first kappa shape index (κ1) is 15.1. The Morgan fingerprint density at radius 3 is 2.39 bits per heavy atom. The molecule has 0 N–H and O–H groups in total. The van der Waals surface area contributed by atoms with Gasteiger partial charge in [0.25, 0.3) is 9.05 Å². The lowest BCUT2D eigenvalue weighted by Gasteiger charge is -2.10. The van der Waals surface area contributed by atoms with Gasteiger partial charge in [-0.2, -0.15) is 13.2 Å². The molecule has 1 aromatic rings. The highest BCUT2D eigenvalue weighted by atomic mass is 35.7. The van der Waals surface area contributed by atoms with Crippen molar-refractivity contribution >= 4 is 19.7 Å². The van der Waals surface area contributed by atoms with E-state index in [4.69, 9.17) is 15.4 Å². The minimum atomic E-state index is -4.28. The molecule has 0 amide bonds. The van der Waals surface area contributed by atoms with E-state index in [0.717, 1.165) is 0 Å². The molecule has 0 aliphatic rings. The molecule has 3 nitrogen and oxygen atoms in total. The Hall–Kier alpha value is -0.950. The Bertz CT molecular complexity index is 526. The molecule has 0 saturated heterocycles. The van der Waals surface area contributed by atoms with Crippen LogP contribution in [0.25, 0.3) is 0 Å². The summed E-state index contributed by atoms with van der Waals surface area (Å²) in [5.41, 5.74) is 0.314. The number of hydrogen-bond donors (Lipinski definition) is 0. The monoisotopic (exact) mass is 302 g/mol. The van der Waals surface area contributed by atoms with E-state index in [-0.39, 0.29) is 10.6 Å². The van der Waals surface area contributed by atoms with Gasteiger partial charge in [-0.05, 0) is 30.7 Å². The van der Waals surface area contributed by atoms with Crippen LogP contribution in [0.15, 0.2) is 23.1 Å². The maximum Gasteiger partial charge on any atom is 0.392 e. The summed E-state index contributed by atoms with van der Waals surface area (Å²) in [7, 11) is 1.31. The van der Waals surface area contributed by atoms with Crippen molar-refractivity contribution in [3.63, 3.8) is 0 Å². The molecular weight excluding hydrogens is 293 g/mol. The van der Waals surface area contributed by atoms with Crippen LogP contribution in [0, 0.1) is 6.92 Å². The van der Waals surface area contributed by atoms with Crippen molar-refractivity contribution in [3.05, 3.63) is 23.8 Å². The van der Waals surface area contributed by atoms with Gasteiger partial charge < -0.3 is 4.74 Å². The zero-order chi connectivity index (χ0) is 14.0. The molecule has 0 atom stereocenters. The average molecular weight is 303 g/mol. The SMILES string of the molecule is Cc1cc(OCCC(F)(F)F)ccc1S(=O)(=O)Cl. The average Bonchev–Trinajstić information content (AvgIpc) is 2.13. The van der Waals surface area contributed by atoms with E-state index in [1.165, 1.54) is 25.1 Å². The van der Waals surface area contributed by atoms with E-state index in [2.05, 4.69) is 0 Å². The number of alkyl halides is 3. The van der Waals surface area contributed by atoms with E-state index in [1.54, 1.807) is 0 Å². The Balaban J connectivity index is 2.74. The molecule has 0 spiro atoms. The third-order valence-electron chi connectivity index (χ3n) is 2.06. The maximum absolute atomic E-state index is 11.9. The first-order valence-corrected chi connectivity index (χ1v) is 7.15. The summed E-state index contributed by atoms with van der Waals surface area (Å²) in [6.07, 6.45) is -5.35. The standard InChI is InChI=1S/C10H10ClF3O3S/c1-7-6-8(17-5-4-10(12,13)14)2-3-9(7)18(11,15)16/h2-3,6H,4-5H2,1H3. The van der Waals surface area contributed by atoms with Gasteiger partial charge in [0.15, 0.2) is 0 Å². The van der Waals surface area contributed by atoms with Crippen molar-refractivity contribution in [1.82, 2.24) is 0 Å². The third-order valence-corrected chi connectivity index (χ3v) is 3.55. The van der Waals surface area contributed by atoms with Crippen molar-refractivity contribution in [2.45, 2.75) is 24.4 Å². The van der Waals surface area contributed by atoms with E-state index < -0.39 is 28.3 Å². The van der Waals surface area contributed by atoms with Crippen molar-refractivity contribution in [3.8, 4) is 5.75 Å². The summed E-state index contributed by atoms with van der Waals surface area (Å²) < 4.78 is 62.7. The smallest absolute Gasteiger partial charge is 0.392 e. The predicted octanol–water partition coefficient (Wildman–Crippen LogP) is 3.25. The van der Waals surface area contributed by atoms with Crippen LogP contribution in [0.5, 0.6) is 5.75 Å². The molecule has 1 rings (SSSR count). The zero-order valence-corrected chi connectivity index (χ0v) is 10.9. The minimum Gasteiger partial charge on any atom is -0.493 e. The van der Waals surface area contributed by atoms with Crippen molar-refractivity contribution in [2.75, 3.05) is 6.61 Å². The number of rotatable bonds is 4. The fraction of sp³-hybridized carbons (Fsp3) is 0.400. The van der Waals surface area contributed by atoms with Gasteiger partial charge in [0.2, 0.25) is 0 Å². The van der Waals surface area contributed by atoms with E-state index in [1.807, 2.05) is 0 Å².